The van der Waals surface area contributed by atoms with Gasteiger partial charge in [-0.05, 0) is 12.6 Å². The van der Waals surface area contributed by atoms with Crippen molar-refractivity contribution in [1.29, 1.82) is 0 Å². The SMILES string of the molecule is C[SiH](O)CCC(F)(F)C(C)(F)F. The Bertz CT molecular complexity index is 143. The molecule has 0 aromatic rings. The first kappa shape index (κ1) is 11.9. The average Bonchev–Trinajstić information content (AvgIpc) is 1.81. The predicted molar refractivity (Wildman–Crippen MR) is 40.2 cm³/mol. The fourth-order valence-corrected chi connectivity index (χ4v) is 1.39. The highest BCUT2D eigenvalue weighted by molar-refractivity contribution is 6.48. The van der Waals surface area contributed by atoms with Crippen LogP contribution in [-0.2, 0) is 0 Å². The van der Waals surface area contributed by atoms with Gasteiger partial charge in [0.25, 0.3) is 0 Å². The maximum atomic E-state index is 12.5. The van der Waals surface area contributed by atoms with Crippen LogP contribution in [-0.4, -0.2) is 25.7 Å². The lowest BCUT2D eigenvalue weighted by atomic mass is 10.1. The third-order valence-electron chi connectivity index (χ3n) is 1.52. The van der Waals surface area contributed by atoms with E-state index in [0.717, 1.165) is 0 Å². The van der Waals surface area contributed by atoms with E-state index in [0.29, 0.717) is 0 Å². The van der Waals surface area contributed by atoms with Crippen LogP contribution in [0.5, 0.6) is 0 Å². The molecule has 6 heteroatoms. The number of alkyl halides is 4. The van der Waals surface area contributed by atoms with Gasteiger partial charge in [0, 0.05) is 13.3 Å². The highest BCUT2D eigenvalue weighted by atomic mass is 28.3. The van der Waals surface area contributed by atoms with Gasteiger partial charge >= 0.3 is 11.8 Å². The summed E-state index contributed by atoms with van der Waals surface area (Å²) in [4.78, 5) is 8.74. The number of halogens is 4. The van der Waals surface area contributed by atoms with Crippen LogP contribution < -0.4 is 0 Å². The summed E-state index contributed by atoms with van der Waals surface area (Å²) >= 11 is 0. The molecule has 0 radical (unpaired) electrons. The molecule has 74 valence electrons. The van der Waals surface area contributed by atoms with E-state index in [-0.39, 0.29) is 13.0 Å². The van der Waals surface area contributed by atoms with E-state index in [1.165, 1.54) is 6.55 Å². The molecular formula is C6H12F4OSi. The molecular weight excluding hydrogens is 192 g/mol. The van der Waals surface area contributed by atoms with Crippen LogP contribution in [0.4, 0.5) is 17.6 Å². The van der Waals surface area contributed by atoms with Crippen molar-refractivity contribution in [2.45, 2.75) is 37.8 Å². The molecule has 0 aliphatic heterocycles. The van der Waals surface area contributed by atoms with Gasteiger partial charge in [-0.2, -0.15) is 8.78 Å². The normalized spacial score (nSPS) is 16.2. The standard InChI is InChI=1S/C6H12F4OSi/c1-5(7,8)6(9,10)3-4-12(2)11/h11-12H,3-4H2,1-2H3. The third-order valence-corrected chi connectivity index (χ3v) is 2.64. The van der Waals surface area contributed by atoms with Crippen molar-refractivity contribution in [3.63, 3.8) is 0 Å². The molecule has 0 saturated heterocycles. The second-order valence-corrected chi connectivity index (χ2v) is 5.26. The van der Waals surface area contributed by atoms with Crippen LogP contribution in [0.25, 0.3) is 0 Å². The highest BCUT2D eigenvalue weighted by Crippen LogP contribution is 2.37. The summed E-state index contributed by atoms with van der Waals surface area (Å²) in [5.74, 6) is -7.98. The van der Waals surface area contributed by atoms with Gasteiger partial charge in [0.15, 0.2) is 9.04 Å². The summed E-state index contributed by atoms with van der Waals surface area (Å²) in [6.45, 7) is 1.61. The zero-order chi connectivity index (χ0) is 9.99. The fourth-order valence-electron chi connectivity index (χ4n) is 0.610. The van der Waals surface area contributed by atoms with Gasteiger partial charge in [-0.25, -0.2) is 8.78 Å². The minimum absolute atomic E-state index is 0.184. The first-order valence-corrected chi connectivity index (χ1v) is 6.09. The van der Waals surface area contributed by atoms with Crippen molar-refractivity contribution >= 4 is 9.04 Å². The molecule has 0 aliphatic rings. The molecule has 0 aromatic carbocycles. The molecule has 1 unspecified atom stereocenters. The molecule has 0 fully saturated rings. The maximum absolute atomic E-state index is 12.5. The minimum Gasteiger partial charge on any atom is -0.435 e. The van der Waals surface area contributed by atoms with E-state index >= 15 is 0 Å². The van der Waals surface area contributed by atoms with Crippen molar-refractivity contribution in [3.8, 4) is 0 Å². The molecule has 0 spiro atoms. The molecule has 0 amide bonds. The highest BCUT2D eigenvalue weighted by Gasteiger charge is 2.51. The molecule has 0 saturated carbocycles. The van der Waals surface area contributed by atoms with Crippen LogP contribution >= 0.6 is 0 Å². The quantitative estimate of drug-likeness (QED) is 0.548. The van der Waals surface area contributed by atoms with E-state index in [4.69, 9.17) is 4.80 Å². The molecule has 0 aromatic heterocycles. The summed E-state index contributed by atoms with van der Waals surface area (Å²) in [5, 5.41) is 0. The van der Waals surface area contributed by atoms with Crippen LogP contribution in [0.2, 0.25) is 12.6 Å². The van der Waals surface area contributed by atoms with Crippen LogP contribution in [0, 0.1) is 0 Å². The van der Waals surface area contributed by atoms with E-state index in [1.807, 2.05) is 0 Å². The zero-order valence-electron chi connectivity index (χ0n) is 6.95. The topological polar surface area (TPSA) is 20.2 Å². The second kappa shape index (κ2) is 3.74. The fraction of sp³-hybridized carbons (Fsp3) is 1.00. The summed E-state index contributed by atoms with van der Waals surface area (Å²) in [6.07, 6.45) is -0.930. The zero-order valence-corrected chi connectivity index (χ0v) is 8.11. The van der Waals surface area contributed by atoms with Gasteiger partial charge in [0.05, 0.1) is 0 Å². The molecule has 0 heterocycles. The Balaban J connectivity index is 4.05. The minimum atomic E-state index is -3.99. The maximum Gasteiger partial charge on any atom is 0.309 e. The smallest absolute Gasteiger partial charge is 0.309 e. The summed E-state index contributed by atoms with van der Waals surface area (Å²) in [5.41, 5.74) is 0. The van der Waals surface area contributed by atoms with Crippen LogP contribution in [0.15, 0.2) is 0 Å². The third kappa shape index (κ3) is 3.53. The Morgan fingerprint density at radius 1 is 1.25 bits per heavy atom. The van der Waals surface area contributed by atoms with E-state index in [2.05, 4.69) is 0 Å². The Kier molecular flexibility index (Phi) is 3.71. The predicted octanol–water partition coefficient (Wildman–Crippen LogP) is 2.01. The summed E-state index contributed by atoms with van der Waals surface area (Å²) in [6, 6.07) is -0.184. The van der Waals surface area contributed by atoms with Gasteiger partial charge in [-0.15, -0.1) is 0 Å². The van der Waals surface area contributed by atoms with E-state index < -0.39 is 27.3 Å². The van der Waals surface area contributed by atoms with Crippen LogP contribution in [0.1, 0.15) is 13.3 Å². The van der Waals surface area contributed by atoms with E-state index in [9.17, 15) is 17.6 Å². The largest absolute Gasteiger partial charge is 0.435 e. The lowest BCUT2D eigenvalue weighted by molar-refractivity contribution is -0.198. The monoisotopic (exact) mass is 204 g/mol. The Labute approximate surface area is 70.1 Å². The van der Waals surface area contributed by atoms with Gasteiger partial charge in [-0.1, -0.05) is 0 Å². The molecule has 0 aliphatic carbocycles. The van der Waals surface area contributed by atoms with Crippen LogP contribution in [0.3, 0.4) is 0 Å². The lowest BCUT2D eigenvalue weighted by Crippen LogP contribution is -2.38. The van der Waals surface area contributed by atoms with Gasteiger partial charge in [-0.3, -0.25) is 0 Å². The first-order chi connectivity index (χ1) is 5.17. The number of hydrogen-bond acceptors (Lipinski definition) is 1. The molecule has 1 atom stereocenters. The number of hydrogen-bond donors (Lipinski definition) is 1. The molecule has 1 N–H and O–H groups in total. The number of rotatable bonds is 4. The van der Waals surface area contributed by atoms with Crippen molar-refractivity contribution in [1.82, 2.24) is 0 Å². The van der Waals surface area contributed by atoms with Crippen molar-refractivity contribution < 1.29 is 22.4 Å². The molecule has 0 rings (SSSR count). The molecule has 0 bridgehead atoms. The molecule has 1 nitrogen and oxygen atoms in total. The summed E-state index contributed by atoms with van der Waals surface area (Å²) in [7, 11) is -2.16. The molecule has 12 heavy (non-hydrogen) atoms. The van der Waals surface area contributed by atoms with Crippen molar-refractivity contribution in [2.24, 2.45) is 0 Å². The average molecular weight is 204 g/mol. The van der Waals surface area contributed by atoms with E-state index in [1.54, 1.807) is 0 Å². The Morgan fingerprint density at radius 3 is 1.92 bits per heavy atom. The van der Waals surface area contributed by atoms with Gasteiger partial charge in [0.1, 0.15) is 0 Å². The van der Waals surface area contributed by atoms with Gasteiger partial charge in [0.2, 0.25) is 0 Å². The first-order valence-electron chi connectivity index (χ1n) is 3.60. The lowest BCUT2D eigenvalue weighted by Gasteiger charge is -2.23. The Morgan fingerprint density at radius 2 is 1.67 bits per heavy atom. The van der Waals surface area contributed by atoms with Crippen molar-refractivity contribution in [3.05, 3.63) is 0 Å². The Hall–Kier alpha value is -0.103. The second-order valence-electron chi connectivity index (χ2n) is 2.98. The summed E-state index contributed by atoms with van der Waals surface area (Å²) < 4.78 is 49.2. The van der Waals surface area contributed by atoms with Crippen molar-refractivity contribution in [2.75, 3.05) is 0 Å². The van der Waals surface area contributed by atoms with Gasteiger partial charge < -0.3 is 4.80 Å².